The average molecular weight is 378 g/mol. The minimum Gasteiger partial charge on any atom is -0.494 e. The lowest BCUT2D eigenvalue weighted by Crippen LogP contribution is -2.50. The summed E-state index contributed by atoms with van der Waals surface area (Å²) in [5, 5.41) is 5.66. The lowest BCUT2D eigenvalue weighted by Gasteiger charge is -2.33. The summed E-state index contributed by atoms with van der Waals surface area (Å²) >= 11 is 0. The van der Waals surface area contributed by atoms with Crippen molar-refractivity contribution in [1.82, 2.24) is 15.1 Å². The van der Waals surface area contributed by atoms with Crippen molar-refractivity contribution in [3.63, 3.8) is 0 Å². The van der Waals surface area contributed by atoms with Crippen molar-refractivity contribution >= 4 is 17.8 Å². The second-order valence-electron chi connectivity index (χ2n) is 6.41. The van der Waals surface area contributed by atoms with Gasteiger partial charge in [-0.25, -0.2) is 9.59 Å². The van der Waals surface area contributed by atoms with Crippen molar-refractivity contribution in [3.05, 3.63) is 24.3 Å². The molecule has 0 unspecified atom stereocenters. The first-order valence-corrected chi connectivity index (χ1v) is 9.45. The molecule has 0 aliphatic carbocycles. The predicted octanol–water partition coefficient (Wildman–Crippen LogP) is 2.37. The Hall–Kier alpha value is -2.48. The number of amides is 3. The van der Waals surface area contributed by atoms with Gasteiger partial charge in [-0.2, -0.15) is 0 Å². The van der Waals surface area contributed by atoms with Crippen molar-refractivity contribution in [2.24, 2.45) is 0 Å². The number of rotatable bonds is 8. The summed E-state index contributed by atoms with van der Waals surface area (Å²) in [5.74, 6) is 0.806. The molecular formula is C19H30N4O4. The van der Waals surface area contributed by atoms with E-state index in [1.807, 2.05) is 24.3 Å². The van der Waals surface area contributed by atoms with Crippen LogP contribution in [0.3, 0.4) is 0 Å². The zero-order chi connectivity index (χ0) is 19.5. The summed E-state index contributed by atoms with van der Waals surface area (Å²) in [6.07, 6.45) is 1.84. The fourth-order valence-corrected chi connectivity index (χ4v) is 2.75. The van der Waals surface area contributed by atoms with Crippen LogP contribution in [-0.2, 0) is 4.74 Å². The van der Waals surface area contributed by atoms with Gasteiger partial charge in [0.1, 0.15) is 5.75 Å². The van der Waals surface area contributed by atoms with E-state index < -0.39 is 0 Å². The van der Waals surface area contributed by atoms with E-state index in [0.717, 1.165) is 43.9 Å². The van der Waals surface area contributed by atoms with Crippen LogP contribution < -0.4 is 15.4 Å². The summed E-state index contributed by atoms with van der Waals surface area (Å²) in [7, 11) is 1.39. The van der Waals surface area contributed by atoms with Gasteiger partial charge in [0.25, 0.3) is 0 Å². The Morgan fingerprint density at radius 1 is 1.11 bits per heavy atom. The van der Waals surface area contributed by atoms with Crippen LogP contribution in [0.5, 0.6) is 5.75 Å². The van der Waals surface area contributed by atoms with Crippen LogP contribution in [0.4, 0.5) is 15.3 Å². The maximum Gasteiger partial charge on any atom is 0.409 e. The van der Waals surface area contributed by atoms with E-state index >= 15 is 0 Å². The van der Waals surface area contributed by atoms with Crippen molar-refractivity contribution in [1.29, 1.82) is 0 Å². The molecule has 0 atom stereocenters. The van der Waals surface area contributed by atoms with E-state index in [2.05, 4.69) is 22.5 Å². The molecule has 0 aromatic heterocycles. The number of carbonyl (C=O) groups is 2. The van der Waals surface area contributed by atoms with Gasteiger partial charge in [0, 0.05) is 45.0 Å². The molecule has 1 aromatic rings. The molecule has 0 saturated carbocycles. The summed E-state index contributed by atoms with van der Waals surface area (Å²) in [6.45, 7) is 6.96. The molecule has 150 valence electrons. The van der Waals surface area contributed by atoms with Gasteiger partial charge in [0.05, 0.1) is 13.7 Å². The molecule has 1 aromatic carbocycles. The first kappa shape index (κ1) is 20.8. The third-order valence-corrected chi connectivity index (χ3v) is 4.40. The van der Waals surface area contributed by atoms with E-state index in [9.17, 15) is 9.59 Å². The molecule has 0 bridgehead atoms. The molecule has 3 amide bonds. The van der Waals surface area contributed by atoms with Gasteiger partial charge < -0.3 is 25.0 Å². The number of hydrogen-bond donors (Lipinski definition) is 2. The molecule has 1 aliphatic rings. The van der Waals surface area contributed by atoms with Crippen molar-refractivity contribution in [3.8, 4) is 5.75 Å². The number of ether oxygens (including phenoxy) is 2. The smallest absolute Gasteiger partial charge is 0.409 e. The first-order chi connectivity index (χ1) is 13.1. The van der Waals surface area contributed by atoms with Gasteiger partial charge in [-0.3, -0.25) is 4.90 Å². The predicted molar refractivity (Wildman–Crippen MR) is 104 cm³/mol. The van der Waals surface area contributed by atoms with Crippen LogP contribution in [0.2, 0.25) is 0 Å². The normalized spacial score (nSPS) is 14.5. The molecule has 0 spiro atoms. The number of hydrogen-bond acceptors (Lipinski definition) is 5. The second-order valence-corrected chi connectivity index (χ2v) is 6.41. The highest BCUT2D eigenvalue weighted by Gasteiger charge is 2.21. The molecule has 1 heterocycles. The standard InChI is InChI=1S/C19H30N4O4/c1-3-4-15-27-17-7-5-16(6-8-17)21-18(24)20-9-10-22-11-13-23(14-12-22)19(25)26-2/h5-8H,3-4,9-15H2,1-2H3,(H2,20,21,24). The number of urea groups is 1. The summed E-state index contributed by atoms with van der Waals surface area (Å²) < 4.78 is 10.3. The van der Waals surface area contributed by atoms with Gasteiger partial charge in [-0.15, -0.1) is 0 Å². The Bertz CT molecular complexity index is 586. The molecule has 8 heteroatoms. The quantitative estimate of drug-likeness (QED) is 0.679. The zero-order valence-corrected chi connectivity index (χ0v) is 16.2. The summed E-state index contributed by atoms with van der Waals surface area (Å²) in [5.41, 5.74) is 0.724. The molecule has 8 nitrogen and oxygen atoms in total. The summed E-state index contributed by atoms with van der Waals surface area (Å²) in [6, 6.07) is 7.13. The van der Waals surface area contributed by atoms with Crippen LogP contribution in [0.15, 0.2) is 24.3 Å². The van der Waals surface area contributed by atoms with Crippen LogP contribution in [0.25, 0.3) is 0 Å². The molecule has 1 aliphatic heterocycles. The number of benzene rings is 1. The summed E-state index contributed by atoms with van der Waals surface area (Å²) in [4.78, 5) is 27.3. The third kappa shape index (κ3) is 7.34. The maximum absolute atomic E-state index is 12.0. The lowest BCUT2D eigenvalue weighted by atomic mass is 10.3. The Kier molecular flexibility index (Phi) is 8.70. The third-order valence-electron chi connectivity index (χ3n) is 4.40. The Morgan fingerprint density at radius 3 is 2.44 bits per heavy atom. The second kappa shape index (κ2) is 11.3. The van der Waals surface area contributed by atoms with Crippen LogP contribution in [-0.4, -0.2) is 74.9 Å². The van der Waals surface area contributed by atoms with E-state index in [-0.39, 0.29) is 12.1 Å². The number of anilines is 1. The minimum atomic E-state index is -0.283. The van der Waals surface area contributed by atoms with E-state index in [0.29, 0.717) is 26.2 Å². The largest absolute Gasteiger partial charge is 0.494 e. The van der Waals surface area contributed by atoms with Crippen LogP contribution in [0.1, 0.15) is 19.8 Å². The highest BCUT2D eigenvalue weighted by Crippen LogP contribution is 2.15. The lowest BCUT2D eigenvalue weighted by molar-refractivity contribution is 0.0916. The average Bonchev–Trinajstić information content (AvgIpc) is 2.69. The van der Waals surface area contributed by atoms with E-state index in [1.54, 1.807) is 4.90 Å². The maximum atomic E-state index is 12.0. The van der Waals surface area contributed by atoms with Crippen LogP contribution in [0, 0.1) is 0 Å². The molecule has 27 heavy (non-hydrogen) atoms. The fraction of sp³-hybridized carbons (Fsp3) is 0.579. The minimum absolute atomic E-state index is 0.233. The molecular weight excluding hydrogens is 348 g/mol. The number of nitrogens with zero attached hydrogens (tertiary/aromatic N) is 2. The highest BCUT2D eigenvalue weighted by atomic mass is 16.5. The van der Waals surface area contributed by atoms with Gasteiger partial charge in [0.2, 0.25) is 0 Å². The zero-order valence-electron chi connectivity index (χ0n) is 16.2. The van der Waals surface area contributed by atoms with Gasteiger partial charge in [0.15, 0.2) is 0 Å². The molecule has 2 rings (SSSR count). The van der Waals surface area contributed by atoms with Crippen LogP contribution >= 0.6 is 0 Å². The monoisotopic (exact) mass is 378 g/mol. The number of carbonyl (C=O) groups excluding carboxylic acids is 2. The van der Waals surface area contributed by atoms with Gasteiger partial charge in [-0.05, 0) is 30.7 Å². The number of methoxy groups -OCH3 is 1. The van der Waals surface area contributed by atoms with E-state index in [4.69, 9.17) is 9.47 Å². The Morgan fingerprint density at radius 2 is 1.81 bits per heavy atom. The number of nitrogens with one attached hydrogen (secondary N) is 2. The van der Waals surface area contributed by atoms with Crippen molar-refractivity contribution in [2.75, 3.05) is 58.3 Å². The van der Waals surface area contributed by atoms with Crippen molar-refractivity contribution < 1.29 is 19.1 Å². The fourth-order valence-electron chi connectivity index (χ4n) is 2.75. The topological polar surface area (TPSA) is 83.1 Å². The number of unbranched alkanes of at least 4 members (excludes halogenated alkanes) is 1. The highest BCUT2D eigenvalue weighted by molar-refractivity contribution is 5.89. The Labute approximate surface area is 160 Å². The van der Waals surface area contributed by atoms with E-state index in [1.165, 1.54) is 7.11 Å². The SMILES string of the molecule is CCCCOc1ccc(NC(=O)NCCN2CCN(C(=O)OC)CC2)cc1. The Balaban J connectivity index is 1.61. The van der Waals surface area contributed by atoms with Crippen molar-refractivity contribution in [2.45, 2.75) is 19.8 Å². The van der Waals surface area contributed by atoms with Gasteiger partial charge in [-0.1, -0.05) is 13.3 Å². The number of piperazine rings is 1. The first-order valence-electron chi connectivity index (χ1n) is 9.45. The molecule has 0 radical (unpaired) electrons. The molecule has 1 saturated heterocycles. The molecule has 2 N–H and O–H groups in total. The van der Waals surface area contributed by atoms with Gasteiger partial charge >= 0.3 is 12.1 Å². The molecule has 1 fully saturated rings.